The van der Waals surface area contributed by atoms with Gasteiger partial charge in [0.25, 0.3) is 0 Å². The Hall–Kier alpha value is -5.45. The van der Waals surface area contributed by atoms with Gasteiger partial charge < -0.3 is 30.3 Å². The number of carboxylic acids is 2. The molecule has 14 nitrogen and oxygen atoms in total. The number of amides is 4. The van der Waals surface area contributed by atoms with E-state index >= 15 is 0 Å². The fourth-order valence-electron chi connectivity index (χ4n) is 8.08. The molecule has 0 aromatic heterocycles. The number of imide groups is 2. The van der Waals surface area contributed by atoms with Gasteiger partial charge in [-0.3, -0.25) is 19.2 Å². The molecule has 5 N–H and O–H groups in total. The lowest BCUT2D eigenvalue weighted by Gasteiger charge is -2.44. The van der Waals surface area contributed by atoms with Crippen molar-refractivity contribution in [3.05, 3.63) is 80.4 Å². The van der Waals surface area contributed by atoms with Crippen molar-refractivity contribution in [2.24, 2.45) is 29.6 Å². The summed E-state index contributed by atoms with van der Waals surface area (Å²) in [5.74, 6) is -11.8. The minimum atomic E-state index is -1.40. The number of carbonyl (C=O) groups is 6. The van der Waals surface area contributed by atoms with Crippen LogP contribution in [0.2, 0.25) is 0 Å². The molecule has 15 heteroatoms. The summed E-state index contributed by atoms with van der Waals surface area (Å²) in [6.45, 7) is 0. The van der Waals surface area contributed by atoms with Crippen LogP contribution in [0.1, 0.15) is 45.0 Å². The van der Waals surface area contributed by atoms with Crippen molar-refractivity contribution < 1.29 is 59.0 Å². The fourth-order valence-corrected chi connectivity index (χ4v) is 8.71. The molecule has 0 spiro atoms. The van der Waals surface area contributed by atoms with E-state index in [0.29, 0.717) is 14.7 Å². The summed E-state index contributed by atoms with van der Waals surface area (Å²) in [5.41, 5.74) is 0.291. The zero-order valence-electron chi connectivity index (χ0n) is 25.9. The van der Waals surface area contributed by atoms with Crippen LogP contribution < -0.4 is 14.5 Å². The van der Waals surface area contributed by atoms with Gasteiger partial charge in [0.15, 0.2) is 11.5 Å². The molecule has 50 heavy (non-hydrogen) atoms. The average molecular weight is 795 g/mol. The largest absolute Gasteiger partial charge is 0.507 e. The van der Waals surface area contributed by atoms with Gasteiger partial charge in [-0.25, -0.2) is 19.4 Å². The van der Waals surface area contributed by atoms with Gasteiger partial charge in [-0.1, -0.05) is 11.6 Å². The Labute approximate surface area is 296 Å². The van der Waals surface area contributed by atoms with E-state index in [1.54, 1.807) is 12.1 Å². The van der Waals surface area contributed by atoms with E-state index in [4.69, 9.17) is 4.74 Å². The van der Waals surface area contributed by atoms with E-state index in [1.807, 2.05) is 28.7 Å². The summed E-state index contributed by atoms with van der Waals surface area (Å²) in [6, 6.07) is 9.98. The summed E-state index contributed by atoms with van der Waals surface area (Å²) < 4.78 is 5.81. The number of carboxylic acid groups (broad SMARTS) is 2. The highest BCUT2D eigenvalue weighted by Gasteiger charge is 2.62. The lowest BCUT2D eigenvalue weighted by molar-refractivity contribution is -0.126. The van der Waals surface area contributed by atoms with Crippen LogP contribution >= 0.6 is 22.6 Å². The van der Waals surface area contributed by atoms with Crippen LogP contribution in [-0.2, 0) is 19.2 Å². The Bertz CT molecular complexity index is 2110. The molecule has 3 aromatic rings. The molecule has 0 bridgehead atoms. The molecule has 2 saturated heterocycles. The summed E-state index contributed by atoms with van der Waals surface area (Å²) >= 11 is 1.92. The number of aromatic carboxylic acids is 2. The second-order valence-electron chi connectivity index (χ2n) is 12.6. The molecule has 4 aliphatic rings. The van der Waals surface area contributed by atoms with Crippen molar-refractivity contribution in [3.8, 4) is 23.0 Å². The van der Waals surface area contributed by atoms with E-state index in [0.717, 1.165) is 34.1 Å². The number of phenols is 3. The fraction of sp³-hybridized carbons (Fsp3) is 0.257. The Morgan fingerprint density at radius 2 is 1.28 bits per heavy atom. The van der Waals surface area contributed by atoms with Crippen LogP contribution in [0, 0.1) is 33.2 Å². The highest BCUT2D eigenvalue weighted by atomic mass is 127. The molecule has 6 atom stereocenters. The zero-order valence-corrected chi connectivity index (χ0v) is 28.1. The molecule has 4 amide bonds. The van der Waals surface area contributed by atoms with Crippen LogP contribution in [0.25, 0.3) is 0 Å². The molecule has 256 valence electrons. The van der Waals surface area contributed by atoms with Gasteiger partial charge >= 0.3 is 11.9 Å². The number of aromatic hydroxyl groups is 3. The van der Waals surface area contributed by atoms with E-state index in [9.17, 15) is 54.3 Å². The Morgan fingerprint density at radius 1 is 0.740 bits per heavy atom. The molecule has 0 radical (unpaired) electrons. The topological polar surface area (TPSA) is 219 Å². The third kappa shape index (κ3) is 4.81. The number of halogens is 1. The lowest BCUT2D eigenvalue weighted by atomic mass is 9.57. The highest BCUT2D eigenvalue weighted by molar-refractivity contribution is 14.1. The Balaban J connectivity index is 1.34. The maximum Gasteiger partial charge on any atom is 0.339 e. The number of rotatable bonds is 6. The maximum atomic E-state index is 14.3. The minimum absolute atomic E-state index is 0.00979. The second-order valence-corrected chi connectivity index (χ2v) is 13.8. The predicted molar refractivity (Wildman–Crippen MR) is 180 cm³/mol. The number of carbonyl (C=O) groups excluding carboxylic acids is 4. The lowest BCUT2D eigenvalue weighted by Crippen LogP contribution is -2.43. The molecule has 2 heterocycles. The molecule has 2 aliphatic carbocycles. The minimum Gasteiger partial charge on any atom is -0.507 e. The summed E-state index contributed by atoms with van der Waals surface area (Å²) in [6.07, 6.45) is 1.94. The predicted octanol–water partition coefficient (Wildman–Crippen LogP) is 3.86. The third-order valence-corrected chi connectivity index (χ3v) is 11.0. The molecule has 3 fully saturated rings. The van der Waals surface area contributed by atoms with Gasteiger partial charge in [-0.15, -0.1) is 0 Å². The van der Waals surface area contributed by atoms with E-state index in [2.05, 4.69) is 0 Å². The monoisotopic (exact) mass is 794 g/mol. The van der Waals surface area contributed by atoms with E-state index in [1.165, 1.54) is 19.2 Å². The highest BCUT2D eigenvalue weighted by Crippen LogP contribution is 2.59. The number of hydrogen-bond donors (Lipinski definition) is 5. The number of methoxy groups -OCH3 is 1. The van der Waals surface area contributed by atoms with E-state index < -0.39 is 93.7 Å². The normalized spacial score (nSPS) is 25.6. The average Bonchev–Trinajstić information content (AvgIpc) is 3.47. The quantitative estimate of drug-likeness (QED) is 0.137. The molecule has 7 rings (SSSR count). The first-order valence-corrected chi connectivity index (χ1v) is 16.5. The number of fused-ring (bicyclic) bond motifs is 4. The maximum absolute atomic E-state index is 14.3. The number of hydrogen-bond acceptors (Lipinski definition) is 10. The molecular formula is C35H27IN2O12. The number of ether oxygens (including phenoxy) is 1. The van der Waals surface area contributed by atoms with Crippen LogP contribution in [0.15, 0.2) is 60.2 Å². The van der Waals surface area contributed by atoms with Gasteiger partial charge in [0, 0.05) is 18.1 Å². The van der Waals surface area contributed by atoms with Gasteiger partial charge in [-0.05, 0) is 83.3 Å². The summed E-state index contributed by atoms with van der Waals surface area (Å²) in [5, 5.41) is 50.1. The Kier molecular flexibility index (Phi) is 7.84. The molecule has 1 saturated carbocycles. The van der Waals surface area contributed by atoms with Gasteiger partial charge in [0.05, 0.1) is 45.7 Å². The van der Waals surface area contributed by atoms with Crippen molar-refractivity contribution in [1.82, 2.24) is 0 Å². The van der Waals surface area contributed by atoms with E-state index in [-0.39, 0.29) is 35.7 Å². The van der Waals surface area contributed by atoms with Gasteiger partial charge in [-0.2, -0.15) is 0 Å². The SMILES string of the molecule is COc1cc(C2C3=CCC4C(=O)N(c5ccc(C(=O)O)c(O)c5)C(=O)C4C3CC3C(=O)N(c4ccc(C(=O)O)c(O)c4)C(=O)C32)cc(I)c1O. The van der Waals surface area contributed by atoms with Crippen LogP contribution in [-0.4, -0.2) is 68.2 Å². The standard InChI is InChI=1S/C35H27IN2O12/c1-50-25-9-13(8-22(36)29(25)41)26-16-6-7-19-27(32(44)37(30(19)42)14-2-4-17(34(46)47)23(39)10-14)20(16)12-21-28(26)33(45)38(31(21)43)15-3-5-18(35(48)49)24(40)11-15/h2-6,8-11,19-21,26-28,39-41H,7,12H2,1H3,(H,46,47)(H,48,49). The van der Waals surface area contributed by atoms with Gasteiger partial charge in [0.1, 0.15) is 22.6 Å². The first kappa shape index (κ1) is 33.1. The van der Waals surface area contributed by atoms with Crippen molar-refractivity contribution in [2.75, 3.05) is 16.9 Å². The summed E-state index contributed by atoms with van der Waals surface area (Å²) in [7, 11) is 1.36. The van der Waals surface area contributed by atoms with Crippen molar-refractivity contribution >= 4 is 69.5 Å². The zero-order chi connectivity index (χ0) is 35.9. The first-order chi connectivity index (χ1) is 23.7. The van der Waals surface area contributed by atoms with Gasteiger partial charge in [0.2, 0.25) is 23.6 Å². The third-order valence-electron chi connectivity index (χ3n) is 10.2. The number of nitrogens with zero attached hydrogens (tertiary/aromatic N) is 2. The van der Waals surface area contributed by atoms with Crippen LogP contribution in [0.4, 0.5) is 11.4 Å². The van der Waals surface area contributed by atoms with Crippen LogP contribution in [0.3, 0.4) is 0 Å². The first-order valence-electron chi connectivity index (χ1n) is 15.4. The molecule has 6 unspecified atom stereocenters. The van der Waals surface area contributed by atoms with Crippen molar-refractivity contribution in [1.29, 1.82) is 0 Å². The number of anilines is 2. The molecule has 3 aromatic carbocycles. The number of benzene rings is 3. The molecular weight excluding hydrogens is 767 g/mol. The Morgan fingerprint density at radius 3 is 1.80 bits per heavy atom. The molecule has 2 aliphatic heterocycles. The smallest absolute Gasteiger partial charge is 0.339 e. The van der Waals surface area contributed by atoms with Crippen molar-refractivity contribution in [2.45, 2.75) is 18.8 Å². The van der Waals surface area contributed by atoms with Crippen LogP contribution in [0.5, 0.6) is 23.0 Å². The second kappa shape index (κ2) is 11.9. The van der Waals surface area contributed by atoms with Crippen molar-refractivity contribution in [3.63, 3.8) is 0 Å². The number of allylic oxidation sites excluding steroid dienone is 2. The number of phenolic OH excluding ortho intramolecular Hbond substituents is 1. The summed E-state index contributed by atoms with van der Waals surface area (Å²) in [4.78, 5) is 81.4.